The zero-order chi connectivity index (χ0) is 18.8. The number of benzene rings is 1. The smallest absolute Gasteiger partial charge is 0.335 e. The summed E-state index contributed by atoms with van der Waals surface area (Å²) >= 11 is 0. The van der Waals surface area contributed by atoms with Crippen LogP contribution in [0, 0.1) is 13.8 Å². The summed E-state index contributed by atoms with van der Waals surface area (Å²) in [7, 11) is -2.12. The second-order valence-electron chi connectivity index (χ2n) is 6.82. The van der Waals surface area contributed by atoms with Gasteiger partial charge in [-0.2, -0.15) is 4.31 Å². The van der Waals surface area contributed by atoms with Crippen molar-refractivity contribution in [2.45, 2.75) is 51.0 Å². The summed E-state index contributed by atoms with van der Waals surface area (Å²) in [6, 6.07) is 2.74. The van der Waals surface area contributed by atoms with Crippen molar-refractivity contribution < 1.29 is 18.3 Å². The van der Waals surface area contributed by atoms with Crippen LogP contribution in [-0.2, 0) is 10.0 Å². The molecule has 0 saturated carbocycles. The van der Waals surface area contributed by atoms with Gasteiger partial charge in [-0.3, -0.25) is 0 Å². The standard InChI is InChI=1S/C18H28N2O4S/c1-5-8-20-9-6-16(7-10-20)19(4)25(23,24)17-12-15(18(21)22)11-13(2)14(17)3/h11-12,16H,5-10H2,1-4H3,(H,21,22). The number of carboxylic acids is 1. The molecule has 1 aromatic carbocycles. The Balaban J connectivity index is 2.28. The third-order valence-corrected chi connectivity index (χ3v) is 7.17. The van der Waals surface area contributed by atoms with Crippen molar-refractivity contribution in [3.8, 4) is 0 Å². The van der Waals surface area contributed by atoms with E-state index in [-0.39, 0.29) is 16.5 Å². The van der Waals surface area contributed by atoms with E-state index in [4.69, 9.17) is 0 Å². The van der Waals surface area contributed by atoms with Gasteiger partial charge < -0.3 is 10.0 Å². The SMILES string of the molecule is CCCN1CCC(N(C)S(=O)(=O)c2cc(C(=O)O)cc(C)c2C)CC1. The van der Waals surface area contributed by atoms with Gasteiger partial charge in [-0.25, -0.2) is 13.2 Å². The van der Waals surface area contributed by atoms with Crippen molar-refractivity contribution in [1.82, 2.24) is 9.21 Å². The highest BCUT2D eigenvalue weighted by atomic mass is 32.2. The summed E-state index contributed by atoms with van der Waals surface area (Å²) in [4.78, 5) is 13.8. The highest BCUT2D eigenvalue weighted by molar-refractivity contribution is 7.89. The Bertz CT molecular complexity index is 738. The van der Waals surface area contributed by atoms with Crippen molar-refractivity contribution in [2.24, 2.45) is 0 Å². The van der Waals surface area contributed by atoms with Crippen LogP contribution in [0.3, 0.4) is 0 Å². The summed E-state index contributed by atoms with van der Waals surface area (Å²) in [6.45, 7) is 8.44. The topological polar surface area (TPSA) is 77.9 Å². The van der Waals surface area contributed by atoms with Gasteiger partial charge in [-0.05, 0) is 76.0 Å². The fourth-order valence-corrected chi connectivity index (χ4v) is 5.13. The predicted molar refractivity (Wildman–Crippen MR) is 97.6 cm³/mol. The summed E-state index contributed by atoms with van der Waals surface area (Å²) in [5.74, 6) is -1.12. The van der Waals surface area contributed by atoms with E-state index in [2.05, 4.69) is 11.8 Å². The Labute approximate surface area is 150 Å². The molecule has 2 rings (SSSR count). The molecular formula is C18H28N2O4S. The Hall–Kier alpha value is -1.44. The molecule has 0 amide bonds. The van der Waals surface area contributed by atoms with E-state index in [1.54, 1.807) is 20.9 Å². The molecule has 1 fully saturated rings. The molecule has 140 valence electrons. The zero-order valence-corrected chi connectivity index (χ0v) is 16.3. The van der Waals surface area contributed by atoms with Gasteiger partial charge in [0, 0.05) is 13.1 Å². The Morgan fingerprint density at radius 2 is 1.88 bits per heavy atom. The number of carboxylic acid groups (broad SMARTS) is 1. The molecule has 0 unspecified atom stereocenters. The lowest BCUT2D eigenvalue weighted by Crippen LogP contribution is -2.45. The number of likely N-dealkylation sites (tertiary alicyclic amines) is 1. The highest BCUT2D eigenvalue weighted by Gasteiger charge is 2.32. The maximum atomic E-state index is 13.1. The quantitative estimate of drug-likeness (QED) is 0.835. The average Bonchev–Trinajstić information content (AvgIpc) is 2.57. The number of carbonyl (C=O) groups is 1. The molecule has 0 aromatic heterocycles. The molecule has 0 atom stereocenters. The lowest BCUT2D eigenvalue weighted by atomic mass is 10.1. The minimum Gasteiger partial charge on any atom is -0.478 e. The van der Waals surface area contributed by atoms with Crippen LogP contribution in [0.5, 0.6) is 0 Å². The van der Waals surface area contributed by atoms with Crippen molar-refractivity contribution in [3.63, 3.8) is 0 Å². The van der Waals surface area contributed by atoms with Gasteiger partial charge in [0.05, 0.1) is 10.5 Å². The second-order valence-corrected chi connectivity index (χ2v) is 8.78. The molecule has 6 nitrogen and oxygen atoms in total. The Morgan fingerprint density at radius 3 is 2.40 bits per heavy atom. The third kappa shape index (κ3) is 4.22. The Kier molecular flexibility index (Phi) is 6.24. The van der Waals surface area contributed by atoms with Gasteiger partial charge in [-0.1, -0.05) is 6.92 Å². The van der Waals surface area contributed by atoms with Crippen LogP contribution >= 0.6 is 0 Å². The molecule has 7 heteroatoms. The fraction of sp³-hybridized carbons (Fsp3) is 0.611. The molecule has 0 aliphatic carbocycles. The first-order valence-corrected chi connectivity index (χ1v) is 10.2. The van der Waals surface area contributed by atoms with Crippen LogP contribution in [0.1, 0.15) is 47.7 Å². The van der Waals surface area contributed by atoms with Crippen LogP contribution in [-0.4, -0.2) is 61.4 Å². The van der Waals surface area contributed by atoms with E-state index in [9.17, 15) is 18.3 Å². The van der Waals surface area contributed by atoms with E-state index in [0.717, 1.165) is 38.9 Å². The highest BCUT2D eigenvalue weighted by Crippen LogP contribution is 2.27. The zero-order valence-electron chi connectivity index (χ0n) is 15.4. The largest absolute Gasteiger partial charge is 0.478 e. The van der Waals surface area contributed by atoms with Crippen molar-refractivity contribution >= 4 is 16.0 Å². The monoisotopic (exact) mass is 368 g/mol. The molecule has 0 bridgehead atoms. The normalized spacial score (nSPS) is 17.2. The third-order valence-electron chi connectivity index (χ3n) is 5.13. The lowest BCUT2D eigenvalue weighted by molar-refractivity contribution is 0.0696. The predicted octanol–water partition coefficient (Wildman–Crippen LogP) is 2.50. The van der Waals surface area contributed by atoms with Crippen LogP contribution < -0.4 is 0 Å². The van der Waals surface area contributed by atoms with Crippen LogP contribution in [0.15, 0.2) is 17.0 Å². The summed E-state index contributed by atoms with van der Waals surface area (Å²) in [5.41, 5.74) is 1.29. The first kappa shape index (κ1) is 19.9. The molecule has 1 saturated heterocycles. The first-order valence-electron chi connectivity index (χ1n) is 8.73. The second kappa shape index (κ2) is 7.85. The molecule has 1 heterocycles. The van der Waals surface area contributed by atoms with E-state index in [1.807, 2.05) is 0 Å². The molecule has 25 heavy (non-hydrogen) atoms. The molecule has 1 N–H and O–H groups in total. The van der Waals surface area contributed by atoms with E-state index in [0.29, 0.717) is 11.1 Å². The van der Waals surface area contributed by atoms with Crippen molar-refractivity contribution in [1.29, 1.82) is 0 Å². The maximum absolute atomic E-state index is 13.1. The van der Waals surface area contributed by atoms with Crippen molar-refractivity contribution in [3.05, 3.63) is 28.8 Å². The van der Waals surface area contributed by atoms with Crippen molar-refractivity contribution in [2.75, 3.05) is 26.7 Å². The number of rotatable bonds is 6. The number of aromatic carboxylic acids is 1. The molecule has 1 aromatic rings. The Morgan fingerprint density at radius 1 is 1.28 bits per heavy atom. The fourth-order valence-electron chi connectivity index (χ4n) is 3.39. The molecule has 0 radical (unpaired) electrons. The average molecular weight is 368 g/mol. The van der Waals surface area contributed by atoms with E-state index in [1.165, 1.54) is 16.4 Å². The number of aryl methyl sites for hydroxylation is 1. The first-order chi connectivity index (χ1) is 11.7. The number of nitrogens with zero attached hydrogens (tertiary/aromatic N) is 2. The minimum absolute atomic E-state index is 0.00726. The molecule has 0 spiro atoms. The summed E-state index contributed by atoms with van der Waals surface area (Å²) in [6.07, 6.45) is 2.69. The molecule has 1 aliphatic rings. The molecule has 1 aliphatic heterocycles. The van der Waals surface area contributed by atoms with Crippen LogP contribution in [0.4, 0.5) is 0 Å². The van der Waals surface area contributed by atoms with Gasteiger partial charge in [0.15, 0.2) is 0 Å². The van der Waals surface area contributed by atoms with Crippen LogP contribution in [0.25, 0.3) is 0 Å². The number of piperidine rings is 1. The van der Waals surface area contributed by atoms with E-state index >= 15 is 0 Å². The van der Waals surface area contributed by atoms with Gasteiger partial charge >= 0.3 is 5.97 Å². The summed E-state index contributed by atoms with van der Waals surface area (Å²) in [5, 5.41) is 9.24. The number of sulfonamides is 1. The van der Waals surface area contributed by atoms with Gasteiger partial charge in [-0.15, -0.1) is 0 Å². The number of hydrogen-bond acceptors (Lipinski definition) is 4. The van der Waals surface area contributed by atoms with Gasteiger partial charge in [0.25, 0.3) is 0 Å². The minimum atomic E-state index is -3.73. The lowest BCUT2D eigenvalue weighted by Gasteiger charge is -2.36. The summed E-state index contributed by atoms with van der Waals surface area (Å²) < 4.78 is 27.6. The molecular weight excluding hydrogens is 340 g/mol. The maximum Gasteiger partial charge on any atom is 0.335 e. The number of hydrogen-bond donors (Lipinski definition) is 1. The van der Waals surface area contributed by atoms with Gasteiger partial charge in [0.1, 0.15) is 0 Å². The van der Waals surface area contributed by atoms with Gasteiger partial charge in [0.2, 0.25) is 10.0 Å². The van der Waals surface area contributed by atoms with E-state index < -0.39 is 16.0 Å². The van der Waals surface area contributed by atoms with Crippen LogP contribution in [0.2, 0.25) is 0 Å².